The highest BCUT2D eigenvalue weighted by Gasteiger charge is 2.23. The molecule has 4 nitrogen and oxygen atoms in total. The Balaban J connectivity index is 1.84. The number of halogens is 1. The van der Waals surface area contributed by atoms with Crippen LogP contribution in [0.5, 0.6) is 5.75 Å². The molecule has 1 aromatic rings. The molecule has 1 amide bonds. The van der Waals surface area contributed by atoms with Crippen LogP contribution >= 0.6 is 11.6 Å². The number of hydrogen-bond donors (Lipinski definition) is 1. The van der Waals surface area contributed by atoms with Crippen LogP contribution in [0, 0.1) is 0 Å². The second kappa shape index (κ2) is 5.38. The summed E-state index contributed by atoms with van der Waals surface area (Å²) in [5.74, 6) is 0.576. The van der Waals surface area contributed by atoms with E-state index in [2.05, 4.69) is 0 Å². The van der Waals surface area contributed by atoms with Gasteiger partial charge in [0, 0.05) is 24.2 Å². The first-order chi connectivity index (χ1) is 8.15. The number of rotatable bonds is 3. The predicted molar refractivity (Wildman–Crippen MR) is 66.1 cm³/mol. The van der Waals surface area contributed by atoms with Gasteiger partial charge in [0.05, 0.1) is 0 Å². The summed E-state index contributed by atoms with van der Waals surface area (Å²) in [6, 6.07) is 7.11. The van der Waals surface area contributed by atoms with Gasteiger partial charge in [0.25, 0.3) is 5.91 Å². The van der Waals surface area contributed by atoms with Crippen LogP contribution in [0.15, 0.2) is 24.3 Å². The quantitative estimate of drug-likeness (QED) is 0.884. The van der Waals surface area contributed by atoms with Gasteiger partial charge in [-0.25, -0.2) is 0 Å². The molecule has 1 unspecified atom stereocenters. The lowest BCUT2D eigenvalue weighted by Crippen LogP contribution is -2.35. The molecule has 0 saturated carbocycles. The minimum absolute atomic E-state index is 0.0297. The van der Waals surface area contributed by atoms with Gasteiger partial charge >= 0.3 is 0 Å². The van der Waals surface area contributed by atoms with Crippen LogP contribution in [-0.4, -0.2) is 36.5 Å². The van der Waals surface area contributed by atoms with E-state index in [1.807, 2.05) is 0 Å². The second-order valence-electron chi connectivity index (χ2n) is 4.13. The zero-order valence-electron chi connectivity index (χ0n) is 9.43. The molecule has 1 saturated heterocycles. The number of benzene rings is 1. The Morgan fingerprint density at radius 1 is 1.59 bits per heavy atom. The number of nitrogens with two attached hydrogens (primary N) is 1. The Morgan fingerprint density at radius 2 is 2.41 bits per heavy atom. The number of carbonyl (C=O) groups is 1. The molecule has 0 aromatic heterocycles. The Labute approximate surface area is 105 Å². The summed E-state index contributed by atoms with van der Waals surface area (Å²) in [5.41, 5.74) is 5.74. The van der Waals surface area contributed by atoms with Gasteiger partial charge in [-0.05, 0) is 24.6 Å². The molecular formula is C12H15ClN2O2. The molecule has 17 heavy (non-hydrogen) atoms. The summed E-state index contributed by atoms with van der Waals surface area (Å²) < 4.78 is 5.38. The summed E-state index contributed by atoms with van der Waals surface area (Å²) in [6.07, 6.45) is 0.864. The molecule has 92 valence electrons. The van der Waals surface area contributed by atoms with E-state index in [0.717, 1.165) is 13.0 Å². The SMILES string of the molecule is NC1CCN(C(=O)COc2cccc(Cl)c2)C1. The fourth-order valence-electron chi connectivity index (χ4n) is 1.81. The topological polar surface area (TPSA) is 55.6 Å². The van der Waals surface area contributed by atoms with Gasteiger partial charge in [-0.15, -0.1) is 0 Å². The van der Waals surface area contributed by atoms with Crippen molar-refractivity contribution in [2.45, 2.75) is 12.5 Å². The smallest absolute Gasteiger partial charge is 0.260 e. The second-order valence-corrected chi connectivity index (χ2v) is 4.57. The number of amides is 1. The zero-order chi connectivity index (χ0) is 12.3. The van der Waals surface area contributed by atoms with Crippen molar-refractivity contribution in [3.8, 4) is 5.75 Å². The summed E-state index contributed by atoms with van der Waals surface area (Å²) in [4.78, 5) is 13.5. The number of hydrogen-bond acceptors (Lipinski definition) is 3. The Bertz CT molecular complexity index is 411. The van der Waals surface area contributed by atoms with E-state index in [-0.39, 0.29) is 18.6 Å². The Kier molecular flexibility index (Phi) is 3.86. The highest BCUT2D eigenvalue weighted by Crippen LogP contribution is 2.17. The van der Waals surface area contributed by atoms with Crippen molar-refractivity contribution in [2.24, 2.45) is 5.73 Å². The molecule has 1 fully saturated rings. The van der Waals surface area contributed by atoms with Crippen molar-refractivity contribution in [2.75, 3.05) is 19.7 Å². The normalized spacial score (nSPS) is 19.4. The highest BCUT2D eigenvalue weighted by molar-refractivity contribution is 6.30. The molecule has 0 radical (unpaired) electrons. The maximum absolute atomic E-state index is 11.8. The van der Waals surface area contributed by atoms with E-state index < -0.39 is 0 Å². The van der Waals surface area contributed by atoms with Crippen molar-refractivity contribution < 1.29 is 9.53 Å². The monoisotopic (exact) mass is 254 g/mol. The molecule has 0 bridgehead atoms. The van der Waals surface area contributed by atoms with Gasteiger partial charge in [0.15, 0.2) is 6.61 Å². The summed E-state index contributed by atoms with van der Waals surface area (Å²) in [7, 11) is 0. The molecule has 1 atom stereocenters. The van der Waals surface area contributed by atoms with E-state index >= 15 is 0 Å². The molecule has 2 N–H and O–H groups in total. The Hall–Kier alpha value is -1.26. The largest absolute Gasteiger partial charge is 0.484 e. The van der Waals surface area contributed by atoms with Gasteiger partial charge < -0.3 is 15.4 Å². The molecule has 5 heteroatoms. The van der Waals surface area contributed by atoms with Crippen LogP contribution in [-0.2, 0) is 4.79 Å². The van der Waals surface area contributed by atoms with Gasteiger partial charge in [-0.1, -0.05) is 17.7 Å². The maximum Gasteiger partial charge on any atom is 0.260 e. The van der Waals surface area contributed by atoms with Gasteiger partial charge in [-0.2, -0.15) is 0 Å². The maximum atomic E-state index is 11.8. The first-order valence-electron chi connectivity index (χ1n) is 5.57. The lowest BCUT2D eigenvalue weighted by molar-refractivity contribution is -0.132. The molecular weight excluding hydrogens is 240 g/mol. The molecule has 1 aliphatic heterocycles. The number of nitrogens with zero attached hydrogens (tertiary/aromatic N) is 1. The van der Waals surface area contributed by atoms with Crippen LogP contribution in [0.1, 0.15) is 6.42 Å². The van der Waals surface area contributed by atoms with Crippen LogP contribution in [0.4, 0.5) is 0 Å². The van der Waals surface area contributed by atoms with E-state index in [4.69, 9.17) is 22.1 Å². The number of carbonyl (C=O) groups excluding carboxylic acids is 1. The molecule has 1 aliphatic rings. The average Bonchev–Trinajstić information content (AvgIpc) is 2.73. The predicted octanol–water partition coefficient (Wildman–Crippen LogP) is 1.28. The molecule has 0 aliphatic carbocycles. The third-order valence-electron chi connectivity index (χ3n) is 2.74. The number of ether oxygens (including phenoxy) is 1. The minimum atomic E-state index is -0.0297. The first-order valence-corrected chi connectivity index (χ1v) is 5.94. The third kappa shape index (κ3) is 3.35. The Morgan fingerprint density at radius 3 is 3.06 bits per heavy atom. The van der Waals surface area contributed by atoms with Crippen molar-refractivity contribution >= 4 is 17.5 Å². The van der Waals surface area contributed by atoms with Crippen LogP contribution in [0.3, 0.4) is 0 Å². The lowest BCUT2D eigenvalue weighted by atomic mass is 10.3. The molecule has 0 spiro atoms. The van der Waals surface area contributed by atoms with Crippen molar-refractivity contribution in [1.82, 2.24) is 4.90 Å². The van der Waals surface area contributed by atoms with Crippen LogP contribution < -0.4 is 10.5 Å². The molecule has 2 rings (SSSR count). The van der Waals surface area contributed by atoms with Crippen LogP contribution in [0.2, 0.25) is 5.02 Å². The van der Waals surface area contributed by atoms with Crippen LogP contribution in [0.25, 0.3) is 0 Å². The fourth-order valence-corrected chi connectivity index (χ4v) is 1.99. The molecule has 1 heterocycles. The summed E-state index contributed by atoms with van der Waals surface area (Å²) in [6.45, 7) is 1.38. The van der Waals surface area contributed by atoms with E-state index in [1.165, 1.54) is 0 Å². The van der Waals surface area contributed by atoms with Gasteiger partial charge in [-0.3, -0.25) is 4.79 Å². The van der Waals surface area contributed by atoms with Crippen molar-refractivity contribution in [3.63, 3.8) is 0 Å². The lowest BCUT2D eigenvalue weighted by Gasteiger charge is -2.16. The number of likely N-dealkylation sites (tertiary alicyclic amines) is 1. The van der Waals surface area contributed by atoms with E-state index in [9.17, 15) is 4.79 Å². The van der Waals surface area contributed by atoms with E-state index in [1.54, 1.807) is 29.2 Å². The minimum Gasteiger partial charge on any atom is -0.484 e. The van der Waals surface area contributed by atoms with Crippen molar-refractivity contribution in [3.05, 3.63) is 29.3 Å². The standard InChI is InChI=1S/C12H15ClN2O2/c13-9-2-1-3-11(6-9)17-8-12(16)15-5-4-10(14)7-15/h1-3,6,10H,4-5,7-8,14H2. The highest BCUT2D eigenvalue weighted by atomic mass is 35.5. The first kappa shape index (κ1) is 12.2. The summed E-state index contributed by atoms with van der Waals surface area (Å²) in [5, 5.41) is 0.596. The average molecular weight is 255 g/mol. The van der Waals surface area contributed by atoms with E-state index in [0.29, 0.717) is 17.3 Å². The van der Waals surface area contributed by atoms with Crippen molar-refractivity contribution in [1.29, 1.82) is 0 Å². The zero-order valence-corrected chi connectivity index (χ0v) is 10.2. The fraction of sp³-hybridized carbons (Fsp3) is 0.417. The molecule has 1 aromatic carbocycles. The third-order valence-corrected chi connectivity index (χ3v) is 2.97. The van der Waals surface area contributed by atoms with Gasteiger partial charge in [0.2, 0.25) is 0 Å². The van der Waals surface area contributed by atoms with Gasteiger partial charge in [0.1, 0.15) is 5.75 Å². The summed E-state index contributed by atoms with van der Waals surface area (Å²) >= 11 is 5.81.